The maximum Gasteiger partial charge on any atom is 0.311 e. The quantitative estimate of drug-likeness (QED) is 0.866. The molecule has 1 unspecified atom stereocenters. The van der Waals surface area contributed by atoms with Crippen molar-refractivity contribution >= 4 is 11.8 Å². The van der Waals surface area contributed by atoms with Gasteiger partial charge < -0.3 is 14.7 Å². The third kappa shape index (κ3) is 2.10. The molecule has 1 aromatic rings. The molecule has 0 saturated carbocycles. The van der Waals surface area contributed by atoms with Crippen molar-refractivity contribution in [3.63, 3.8) is 0 Å². The zero-order valence-electron chi connectivity index (χ0n) is 10.6. The van der Waals surface area contributed by atoms with Gasteiger partial charge in [-0.05, 0) is 12.8 Å². The van der Waals surface area contributed by atoms with E-state index in [-0.39, 0.29) is 0 Å². The molecule has 1 aliphatic heterocycles. The van der Waals surface area contributed by atoms with E-state index >= 15 is 0 Å². The zero-order valence-corrected chi connectivity index (χ0v) is 10.6. The van der Waals surface area contributed by atoms with Crippen LogP contribution >= 0.6 is 0 Å². The maximum atomic E-state index is 11.4. The van der Waals surface area contributed by atoms with E-state index in [0.717, 1.165) is 5.82 Å². The van der Waals surface area contributed by atoms with Gasteiger partial charge in [-0.1, -0.05) is 6.92 Å². The Morgan fingerprint density at radius 2 is 2.39 bits per heavy atom. The molecule has 0 radical (unpaired) electrons. The number of aliphatic carboxylic acids is 1. The molecule has 0 aromatic carbocycles. The Morgan fingerprint density at radius 3 is 2.94 bits per heavy atom. The standard InChI is InChI=1S/C12H17N3O3/c1-3-12(11(16)17)4-5-15(7-12)9-6-10(18-2)14-8-13-9/h6,8H,3-5,7H2,1-2H3,(H,16,17). The Labute approximate surface area is 106 Å². The molecule has 98 valence electrons. The third-order valence-electron chi connectivity index (χ3n) is 3.64. The Balaban J connectivity index is 2.19. The van der Waals surface area contributed by atoms with Gasteiger partial charge in [-0.15, -0.1) is 0 Å². The fraction of sp³-hybridized carbons (Fsp3) is 0.583. The molecular formula is C12H17N3O3. The van der Waals surface area contributed by atoms with Gasteiger partial charge in [-0.25, -0.2) is 9.97 Å². The van der Waals surface area contributed by atoms with Gasteiger partial charge in [-0.2, -0.15) is 0 Å². The van der Waals surface area contributed by atoms with Crippen LogP contribution in [0.15, 0.2) is 12.4 Å². The molecular weight excluding hydrogens is 234 g/mol. The monoisotopic (exact) mass is 251 g/mol. The lowest BCUT2D eigenvalue weighted by atomic mass is 9.84. The highest BCUT2D eigenvalue weighted by Crippen LogP contribution is 2.36. The smallest absolute Gasteiger partial charge is 0.311 e. The second-order valence-electron chi connectivity index (χ2n) is 4.53. The Hall–Kier alpha value is -1.85. The molecule has 6 nitrogen and oxygen atoms in total. The fourth-order valence-electron chi connectivity index (χ4n) is 2.30. The summed E-state index contributed by atoms with van der Waals surface area (Å²) in [6.45, 7) is 3.09. The summed E-state index contributed by atoms with van der Waals surface area (Å²) in [7, 11) is 1.55. The Morgan fingerprint density at radius 1 is 1.61 bits per heavy atom. The van der Waals surface area contributed by atoms with Gasteiger partial charge in [0.25, 0.3) is 0 Å². The van der Waals surface area contributed by atoms with Gasteiger partial charge in [-0.3, -0.25) is 4.79 Å². The first-order valence-electron chi connectivity index (χ1n) is 5.95. The van der Waals surface area contributed by atoms with Gasteiger partial charge in [0.15, 0.2) is 0 Å². The van der Waals surface area contributed by atoms with Crippen molar-refractivity contribution < 1.29 is 14.6 Å². The van der Waals surface area contributed by atoms with Crippen LogP contribution in [0.1, 0.15) is 19.8 Å². The zero-order chi connectivity index (χ0) is 13.2. The van der Waals surface area contributed by atoms with Crippen molar-refractivity contribution in [3.05, 3.63) is 12.4 Å². The molecule has 1 aliphatic rings. The number of hydrogen-bond acceptors (Lipinski definition) is 5. The average molecular weight is 251 g/mol. The summed E-state index contributed by atoms with van der Waals surface area (Å²) in [4.78, 5) is 21.5. The molecule has 1 aromatic heterocycles. The summed E-state index contributed by atoms with van der Waals surface area (Å²) in [5, 5.41) is 9.35. The lowest BCUT2D eigenvalue weighted by molar-refractivity contribution is -0.147. The summed E-state index contributed by atoms with van der Waals surface area (Å²) in [6.07, 6.45) is 2.70. The molecule has 2 rings (SSSR count). The first-order chi connectivity index (χ1) is 8.61. The first kappa shape index (κ1) is 12.6. The van der Waals surface area contributed by atoms with Crippen molar-refractivity contribution in [2.24, 2.45) is 5.41 Å². The van der Waals surface area contributed by atoms with E-state index in [1.165, 1.54) is 6.33 Å². The second-order valence-corrected chi connectivity index (χ2v) is 4.53. The van der Waals surface area contributed by atoms with Crippen LogP contribution in [0.2, 0.25) is 0 Å². The SMILES string of the molecule is CCC1(C(=O)O)CCN(c2cc(OC)ncn2)C1. The van der Waals surface area contributed by atoms with Crippen LogP contribution in [-0.2, 0) is 4.79 Å². The molecule has 1 saturated heterocycles. The van der Waals surface area contributed by atoms with Crippen LogP contribution in [0.5, 0.6) is 5.88 Å². The molecule has 0 aliphatic carbocycles. The number of carboxylic acids is 1. The average Bonchev–Trinajstić information content (AvgIpc) is 2.84. The van der Waals surface area contributed by atoms with E-state index < -0.39 is 11.4 Å². The highest BCUT2D eigenvalue weighted by molar-refractivity contribution is 5.76. The van der Waals surface area contributed by atoms with Gasteiger partial charge in [0.1, 0.15) is 12.1 Å². The Kier molecular flexibility index (Phi) is 3.36. The molecule has 6 heteroatoms. The molecule has 1 N–H and O–H groups in total. The summed E-state index contributed by atoms with van der Waals surface area (Å²) >= 11 is 0. The van der Waals surface area contributed by atoms with Gasteiger partial charge in [0.2, 0.25) is 5.88 Å². The summed E-state index contributed by atoms with van der Waals surface area (Å²) in [5.41, 5.74) is -0.655. The number of carboxylic acid groups (broad SMARTS) is 1. The summed E-state index contributed by atoms with van der Waals surface area (Å²) in [5.74, 6) is 0.483. The molecule has 0 amide bonds. The number of hydrogen-bond donors (Lipinski definition) is 1. The van der Waals surface area contributed by atoms with E-state index in [4.69, 9.17) is 4.74 Å². The molecule has 1 fully saturated rings. The van der Waals surface area contributed by atoms with Crippen LogP contribution in [-0.4, -0.2) is 41.2 Å². The van der Waals surface area contributed by atoms with Crippen LogP contribution in [0.4, 0.5) is 5.82 Å². The van der Waals surface area contributed by atoms with Gasteiger partial charge in [0.05, 0.1) is 12.5 Å². The number of methoxy groups -OCH3 is 1. The molecule has 18 heavy (non-hydrogen) atoms. The number of rotatable bonds is 4. The van der Waals surface area contributed by atoms with Crippen molar-refractivity contribution in [1.29, 1.82) is 0 Å². The highest BCUT2D eigenvalue weighted by Gasteiger charge is 2.43. The van der Waals surface area contributed by atoms with Crippen molar-refractivity contribution in [2.45, 2.75) is 19.8 Å². The lowest BCUT2D eigenvalue weighted by Crippen LogP contribution is -2.34. The van der Waals surface area contributed by atoms with Crippen molar-refractivity contribution in [1.82, 2.24) is 9.97 Å². The lowest BCUT2D eigenvalue weighted by Gasteiger charge is -2.23. The first-order valence-corrected chi connectivity index (χ1v) is 5.95. The third-order valence-corrected chi connectivity index (χ3v) is 3.64. The van der Waals surface area contributed by atoms with E-state index in [0.29, 0.717) is 31.8 Å². The molecule has 0 bridgehead atoms. The van der Waals surface area contributed by atoms with E-state index in [1.807, 2.05) is 11.8 Å². The van der Waals surface area contributed by atoms with Crippen LogP contribution < -0.4 is 9.64 Å². The minimum atomic E-state index is -0.728. The molecule has 0 spiro atoms. The Bertz CT molecular complexity index is 452. The number of anilines is 1. The number of carbonyl (C=O) groups is 1. The van der Waals surface area contributed by atoms with E-state index in [1.54, 1.807) is 13.2 Å². The normalized spacial score (nSPS) is 23.1. The van der Waals surface area contributed by atoms with Crippen LogP contribution in [0, 0.1) is 5.41 Å². The van der Waals surface area contributed by atoms with Crippen LogP contribution in [0.25, 0.3) is 0 Å². The predicted molar refractivity (Wildman–Crippen MR) is 65.8 cm³/mol. The summed E-state index contributed by atoms with van der Waals surface area (Å²) in [6, 6.07) is 1.73. The molecule has 2 heterocycles. The van der Waals surface area contributed by atoms with Gasteiger partial charge in [0, 0.05) is 19.2 Å². The minimum absolute atomic E-state index is 0.485. The highest BCUT2D eigenvalue weighted by atomic mass is 16.5. The van der Waals surface area contributed by atoms with Gasteiger partial charge >= 0.3 is 5.97 Å². The second kappa shape index (κ2) is 4.80. The topological polar surface area (TPSA) is 75.5 Å². The number of nitrogens with zero attached hydrogens (tertiary/aromatic N) is 3. The summed E-state index contributed by atoms with van der Waals surface area (Å²) < 4.78 is 5.05. The van der Waals surface area contributed by atoms with E-state index in [2.05, 4.69) is 9.97 Å². The predicted octanol–water partition coefficient (Wildman–Crippen LogP) is 1.18. The largest absolute Gasteiger partial charge is 0.481 e. The van der Waals surface area contributed by atoms with E-state index in [9.17, 15) is 9.90 Å². The molecule has 1 atom stereocenters. The van der Waals surface area contributed by atoms with Crippen molar-refractivity contribution in [2.75, 3.05) is 25.1 Å². The van der Waals surface area contributed by atoms with Crippen LogP contribution in [0.3, 0.4) is 0 Å². The maximum absolute atomic E-state index is 11.4. The van der Waals surface area contributed by atoms with Crippen molar-refractivity contribution in [3.8, 4) is 5.88 Å². The fourth-order valence-corrected chi connectivity index (χ4v) is 2.30. The number of ether oxygens (including phenoxy) is 1. The minimum Gasteiger partial charge on any atom is -0.481 e. The number of aromatic nitrogens is 2.